The van der Waals surface area contributed by atoms with E-state index < -0.39 is 61.8 Å². The van der Waals surface area contributed by atoms with Gasteiger partial charge in [0, 0.05) is 11.8 Å². The molecule has 0 spiro atoms. The fourth-order valence-electron chi connectivity index (χ4n) is 5.52. The summed E-state index contributed by atoms with van der Waals surface area (Å²) in [5.41, 5.74) is 0. The van der Waals surface area contributed by atoms with E-state index in [2.05, 4.69) is 6.58 Å². The molecule has 146 valence electrons. The second-order valence-electron chi connectivity index (χ2n) is 7.35. The SMILES string of the molecule is C=CCON1C(=O)[C@@H]2[C@H]3O[C@H](C4[C@H]3[C@@]3(Cl)C(Cl)=C(Cl)[C@]4(Cl)C3(Cl)Cl)[C@@H]2C1=O. The van der Waals surface area contributed by atoms with E-state index in [1.807, 2.05) is 0 Å². The molecule has 0 aromatic rings. The van der Waals surface area contributed by atoms with Crippen molar-refractivity contribution in [3.63, 3.8) is 0 Å². The van der Waals surface area contributed by atoms with Crippen LogP contribution in [0.5, 0.6) is 0 Å². The minimum absolute atomic E-state index is 0.0184. The smallest absolute Gasteiger partial charge is 0.260 e. The van der Waals surface area contributed by atoms with Gasteiger partial charge in [-0.3, -0.25) is 14.4 Å². The van der Waals surface area contributed by atoms with Gasteiger partial charge < -0.3 is 4.74 Å². The molecule has 5 aliphatic rings. The molecule has 3 heterocycles. The monoisotopic (exact) mass is 491 g/mol. The second kappa shape index (κ2) is 5.50. The number of carbonyl (C=O) groups excluding carboxylic acids is 2. The molecular formula is C16H11Cl6NO4. The van der Waals surface area contributed by atoms with Gasteiger partial charge in [0.1, 0.15) is 9.75 Å². The molecule has 8 atom stereocenters. The lowest BCUT2D eigenvalue weighted by Crippen LogP contribution is -2.50. The van der Waals surface area contributed by atoms with Crippen LogP contribution in [-0.2, 0) is 19.2 Å². The summed E-state index contributed by atoms with van der Waals surface area (Å²) < 4.78 is 4.30. The van der Waals surface area contributed by atoms with Gasteiger partial charge in [0.15, 0.2) is 4.33 Å². The predicted molar refractivity (Wildman–Crippen MR) is 101 cm³/mol. The molecule has 3 saturated heterocycles. The number of ether oxygens (including phenoxy) is 1. The lowest BCUT2D eigenvalue weighted by Gasteiger charge is -2.39. The number of hydrogen-bond donors (Lipinski definition) is 0. The van der Waals surface area contributed by atoms with E-state index in [4.69, 9.17) is 79.2 Å². The Morgan fingerprint density at radius 2 is 1.44 bits per heavy atom. The van der Waals surface area contributed by atoms with Crippen LogP contribution in [0.25, 0.3) is 0 Å². The summed E-state index contributed by atoms with van der Waals surface area (Å²) in [6, 6.07) is 0. The van der Waals surface area contributed by atoms with Gasteiger partial charge >= 0.3 is 0 Å². The van der Waals surface area contributed by atoms with Crippen molar-refractivity contribution in [3.05, 3.63) is 22.7 Å². The zero-order valence-electron chi connectivity index (χ0n) is 13.3. The van der Waals surface area contributed by atoms with Gasteiger partial charge in [-0.2, -0.15) is 5.06 Å². The topological polar surface area (TPSA) is 55.8 Å². The summed E-state index contributed by atoms with van der Waals surface area (Å²) in [4.78, 5) is 27.9. The standard InChI is InChI=1S/C16H11Cl6NO4/c1-2-3-26-23-12(24)4-5(13(23)25)9-7-6(8(4)27-9)14(19)10(17)11(18)15(7,20)16(14,21)22/h2,4-9H,1,3H2/t4-,5+,6+,7?,8+,9-,14+,15-/m0/s1. The van der Waals surface area contributed by atoms with Gasteiger partial charge in [0.05, 0.1) is 40.7 Å². The van der Waals surface area contributed by atoms with Crippen LogP contribution < -0.4 is 0 Å². The van der Waals surface area contributed by atoms with Crippen LogP contribution in [0.2, 0.25) is 0 Å². The Balaban J connectivity index is 1.62. The number of carbonyl (C=O) groups is 2. The maximum atomic E-state index is 12.8. The van der Waals surface area contributed by atoms with Gasteiger partial charge in [-0.1, -0.05) is 52.5 Å². The van der Waals surface area contributed by atoms with Gasteiger partial charge in [0.2, 0.25) is 0 Å². The summed E-state index contributed by atoms with van der Waals surface area (Å²) in [5.74, 6) is -3.68. The van der Waals surface area contributed by atoms with Gasteiger partial charge in [0.25, 0.3) is 11.8 Å². The molecule has 4 bridgehead atoms. The number of allylic oxidation sites excluding steroid dienone is 2. The van der Waals surface area contributed by atoms with Crippen molar-refractivity contribution in [3.8, 4) is 0 Å². The van der Waals surface area contributed by atoms with E-state index in [1.54, 1.807) is 0 Å². The highest BCUT2D eigenvalue weighted by atomic mass is 35.5. The molecule has 11 heteroatoms. The number of halogens is 6. The van der Waals surface area contributed by atoms with Crippen molar-refractivity contribution >= 4 is 81.4 Å². The van der Waals surface area contributed by atoms with Gasteiger partial charge in [-0.05, 0) is 0 Å². The van der Waals surface area contributed by atoms with E-state index in [-0.39, 0.29) is 16.7 Å². The minimum Gasteiger partial charge on any atom is -0.373 e. The Bertz CT molecular complexity index is 789. The third-order valence-electron chi connectivity index (χ3n) is 6.46. The van der Waals surface area contributed by atoms with E-state index in [0.29, 0.717) is 0 Å². The van der Waals surface area contributed by atoms with Crippen molar-refractivity contribution in [2.75, 3.05) is 6.61 Å². The van der Waals surface area contributed by atoms with Gasteiger partial charge in [-0.25, -0.2) is 0 Å². The molecule has 1 unspecified atom stereocenters. The summed E-state index contributed by atoms with van der Waals surface area (Å²) in [6.07, 6.45) is -0.0192. The Kier molecular flexibility index (Phi) is 3.92. The lowest BCUT2D eigenvalue weighted by molar-refractivity contribution is -0.189. The van der Waals surface area contributed by atoms with E-state index in [1.165, 1.54) is 6.08 Å². The number of rotatable bonds is 3. The minimum atomic E-state index is -1.73. The van der Waals surface area contributed by atoms with E-state index in [0.717, 1.165) is 5.06 Å². The fraction of sp³-hybridized carbons (Fsp3) is 0.625. The third kappa shape index (κ3) is 1.74. The van der Waals surface area contributed by atoms with Crippen LogP contribution in [0.15, 0.2) is 22.7 Å². The van der Waals surface area contributed by atoms with Crippen molar-refractivity contribution in [1.82, 2.24) is 5.06 Å². The average Bonchev–Trinajstić information content (AvgIpc) is 3.31. The number of fused-ring (bicyclic) bond motifs is 12. The van der Waals surface area contributed by atoms with Crippen LogP contribution in [0.3, 0.4) is 0 Å². The number of hydrogen-bond acceptors (Lipinski definition) is 4. The van der Waals surface area contributed by atoms with Crippen molar-refractivity contribution < 1.29 is 19.2 Å². The predicted octanol–water partition coefficient (Wildman–Crippen LogP) is 3.56. The maximum absolute atomic E-state index is 12.8. The summed E-state index contributed by atoms with van der Waals surface area (Å²) >= 11 is 39.7. The normalized spacial score (nSPS) is 51.4. The van der Waals surface area contributed by atoms with Gasteiger partial charge in [-0.15, -0.1) is 29.8 Å². The highest BCUT2D eigenvalue weighted by Gasteiger charge is 2.90. The lowest BCUT2D eigenvalue weighted by atomic mass is 9.65. The number of imide groups is 1. The Morgan fingerprint density at radius 3 is 1.85 bits per heavy atom. The summed E-state index contributed by atoms with van der Waals surface area (Å²) in [6.45, 7) is 3.53. The van der Waals surface area contributed by atoms with Crippen LogP contribution >= 0.6 is 69.6 Å². The Hall–Kier alpha value is 0.280. The van der Waals surface area contributed by atoms with E-state index in [9.17, 15) is 9.59 Å². The quantitative estimate of drug-likeness (QED) is 0.343. The summed E-state index contributed by atoms with van der Waals surface area (Å²) in [5, 5.41) is 0.878. The largest absolute Gasteiger partial charge is 0.373 e. The molecule has 4 fully saturated rings. The first kappa shape index (κ1) is 19.3. The van der Waals surface area contributed by atoms with Crippen molar-refractivity contribution in [1.29, 1.82) is 0 Å². The molecule has 0 aromatic heterocycles. The molecule has 27 heavy (non-hydrogen) atoms. The number of nitrogens with zero attached hydrogens (tertiary/aromatic N) is 1. The fourth-order valence-corrected chi connectivity index (χ4v) is 8.59. The van der Waals surface area contributed by atoms with Crippen LogP contribution in [0.4, 0.5) is 0 Å². The molecule has 5 rings (SSSR count). The molecule has 0 aromatic carbocycles. The van der Waals surface area contributed by atoms with Crippen molar-refractivity contribution in [2.45, 2.75) is 26.3 Å². The van der Waals surface area contributed by atoms with Crippen LogP contribution in [0, 0.1) is 23.7 Å². The highest BCUT2D eigenvalue weighted by Crippen LogP contribution is 2.81. The Morgan fingerprint density at radius 1 is 1.00 bits per heavy atom. The number of alkyl halides is 4. The first-order valence-electron chi connectivity index (χ1n) is 8.15. The molecule has 0 N–H and O–H groups in total. The average molecular weight is 494 g/mol. The zero-order chi connectivity index (χ0) is 19.7. The molecule has 0 radical (unpaired) electrons. The van der Waals surface area contributed by atoms with Crippen LogP contribution in [0.1, 0.15) is 0 Å². The molecule has 2 amide bonds. The molecular weight excluding hydrogens is 483 g/mol. The number of amides is 2. The Labute approximate surface area is 184 Å². The maximum Gasteiger partial charge on any atom is 0.260 e. The van der Waals surface area contributed by atoms with E-state index >= 15 is 0 Å². The highest BCUT2D eigenvalue weighted by molar-refractivity contribution is 6.65. The third-order valence-corrected chi connectivity index (χ3v) is 10.8. The first-order valence-corrected chi connectivity index (χ1v) is 10.4. The summed E-state index contributed by atoms with van der Waals surface area (Å²) in [7, 11) is 0. The second-order valence-corrected chi connectivity index (χ2v) is 10.6. The van der Waals surface area contributed by atoms with Crippen LogP contribution in [-0.4, -0.2) is 49.8 Å². The zero-order valence-corrected chi connectivity index (χ0v) is 17.8. The van der Waals surface area contributed by atoms with Crippen molar-refractivity contribution in [2.24, 2.45) is 23.7 Å². The first-order chi connectivity index (χ1) is 12.6. The molecule has 5 nitrogen and oxygen atoms in total. The molecule has 2 aliphatic carbocycles. The molecule has 3 aliphatic heterocycles. The molecule has 1 saturated carbocycles. The number of hydroxylamine groups is 2.